The van der Waals surface area contributed by atoms with Crippen molar-refractivity contribution < 1.29 is 28.3 Å². The van der Waals surface area contributed by atoms with Crippen LogP contribution in [0.5, 0.6) is 0 Å². The molecule has 9 heteroatoms. The van der Waals surface area contributed by atoms with E-state index in [1.165, 1.54) is 17.8 Å². The van der Waals surface area contributed by atoms with Crippen molar-refractivity contribution in [2.45, 2.75) is 23.8 Å². The van der Waals surface area contributed by atoms with Crippen LogP contribution in [-0.4, -0.2) is 52.7 Å². The van der Waals surface area contributed by atoms with E-state index in [4.69, 9.17) is 5.11 Å². The first-order valence-electron chi connectivity index (χ1n) is 7.17. The molecule has 24 heavy (non-hydrogen) atoms. The highest BCUT2D eigenvalue weighted by Gasteiger charge is 2.34. The van der Waals surface area contributed by atoms with Gasteiger partial charge in [-0.1, -0.05) is 18.2 Å². The summed E-state index contributed by atoms with van der Waals surface area (Å²) in [7, 11) is 0. The van der Waals surface area contributed by atoms with E-state index in [1.54, 1.807) is 18.2 Å². The Hall–Kier alpha value is -2.16. The molecule has 3 atom stereocenters. The highest BCUT2D eigenvalue weighted by molar-refractivity contribution is 8.00. The van der Waals surface area contributed by atoms with Gasteiger partial charge >= 0.3 is 5.97 Å². The summed E-state index contributed by atoms with van der Waals surface area (Å²) < 4.78 is 26.2. The molecule has 3 unspecified atom stereocenters. The number of rotatable bonds is 6. The molecule has 1 aliphatic rings. The number of carboxylic acids is 1. The molecule has 3 N–H and O–H groups in total. The molecule has 2 rings (SSSR count). The van der Waals surface area contributed by atoms with E-state index in [0.29, 0.717) is 5.56 Å². The van der Waals surface area contributed by atoms with Crippen molar-refractivity contribution in [3.8, 4) is 0 Å². The average Bonchev–Trinajstić information content (AvgIpc) is 2.55. The van der Waals surface area contributed by atoms with Gasteiger partial charge < -0.3 is 15.7 Å². The Kier molecular flexibility index (Phi) is 6.13. The average molecular weight is 358 g/mol. The molecule has 6 nitrogen and oxygen atoms in total. The van der Waals surface area contributed by atoms with Crippen LogP contribution in [0.15, 0.2) is 24.3 Å². The number of alkyl halides is 1. The zero-order valence-electron chi connectivity index (χ0n) is 12.5. The maximum absolute atomic E-state index is 13.6. The zero-order valence-corrected chi connectivity index (χ0v) is 13.3. The molecule has 2 amide bonds. The molecule has 0 saturated carbocycles. The van der Waals surface area contributed by atoms with Crippen molar-refractivity contribution in [3.05, 3.63) is 35.6 Å². The molecule has 0 aromatic heterocycles. The molecule has 0 radical (unpaired) electrons. The highest BCUT2D eigenvalue weighted by atomic mass is 32.2. The van der Waals surface area contributed by atoms with Gasteiger partial charge in [-0.3, -0.25) is 9.59 Å². The van der Waals surface area contributed by atoms with Crippen LogP contribution in [0, 0.1) is 5.82 Å². The summed E-state index contributed by atoms with van der Waals surface area (Å²) >= 11 is 1.17. The Balaban J connectivity index is 1.93. The Morgan fingerprint density at radius 3 is 2.71 bits per heavy atom. The number of carbonyl (C=O) groups is 3. The predicted octanol–water partition coefficient (Wildman–Crippen LogP) is 0.507. The minimum absolute atomic E-state index is 0.180. The molecular formula is C15H16F2N2O4S. The number of hydrogen-bond acceptors (Lipinski definition) is 4. The van der Waals surface area contributed by atoms with Crippen LogP contribution in [0.3, 0.4) is 0 Å². The minimum Gasteiger partial charge on any atom is -0.480 e. The summed E-state index contributed by atoms with van der Waals surface area (Å²) in [5, 5.41) is 12.7. The number of carboxylic acid groups (broad SMARTS) is 1. The van der Waals surface area contributed by atoms with Crippen molar-refractivity contribution in [1.82, 2.24) is 10.6 Å². The van der Waals surface area contributed by atoms with E-state index in [1.807, 2.05) is 5.32 Å². The van der Waals surface area contributed by atoms with Crippen LogP contribution >= 0.6 is 11.8 Å². The normalized spacial score (nSPS) is 21.7. The van der Waals surface area contributed by atoms with Crippen molar-refractivity contribution in [3.63, 3.8) is 0 Å². The van der Waals surface area contributed by atoms with E-state index in [-0.39, 0.29) is 12.2 Å². The first-order valence-corrected chi connectivity index (χ1v) is 8.21. The molecule has 1 saturated heterocycles. The first kappa shape index (κ1) is 18.2. The van der Waals surface area contributed by atoms with E-state index in [0.717, 1.165) is 0 Å². The summed E-state index contributed by atoms with van der Waals surface area (Å²) in [6, 6.07) is 3.52. The zero-order chi connectivity index (χ0) is 17.7. The lowest BCUT2D eigenvalue weighted by Gasteiger charge is -2.28. The van der Waals surface area contributed by atoms with Crippen molar-refractivity contribution in [2.24, 2.45) is 0 Å². The quantitative estimate of drug-likeness (QED) is 0.689. The van der Waals surface area contributed by atoms with Gasteiger partial charge in [0, 0.05) is 5.75 Å². The van der Waals surface area contributed by atoms with Crippen LogP contribution in [0.25, 0.3) is 0 Å². The number of thioether (sulfide) groups is 1. The maximum Gasteiger partial charge on any atom is 0.328 e. The molecule has 1 aliphatic heterocycles. The topological polar surface area (TPSA) is 95.5 Å². The van der Waals surface area contributed by atoms with E-state index in [2.05, 4.69) is 5.32 Å². The lowest BCUT2D eigenvalue weighted by atomic mass is 10.1. The lowest BCUT2D eigenvalue weighted by Crippen LogP contribution is -2.57. The Labute approximate surface area is 141 Å². The first-order chi connectivity index (χ1) is 11.4. The van der Waals surface area contributed by atoms with Gasteiger partial charge in [0.1, 0.15) is 18.5 Å². The fourth-order valence-corrected chi connectivity index (χ4v) is 3.37. The van der Waals surface area contributed by atoms with Crippen molar-refractivity contribution in [1.29, 1.82) is 0 Å². The van der Waals surface area contributed by atoms with E-state index >= 15 is 0 Å². The number of carbonyl (C=O) groups excluding carboxylic acids is 2. The summed E-state index contributed by atoms with van der Waals surface area (Å²) in [5.74, 6) is -2.90. The fraction of sp³-hybridized carbons (Fsp3) is 0.400. The lowest BCUT2D eigenvalue weighted by molar-refractivity contribution is -0.142. The summed E-state index contributed by atoms with van der Waals surface area (Å²) in [4.78, 5) is 34.7. The second kappa shape index (κ2) is 8.09. The second-order valence-corrected chi connectivity index (χ2v) is 6.47. The van der Waals surface area contributed by atoms with Gasteiger partial charge in [-0.15, -0.1) is 11.8 Å². The molecule has 1 aromatic rings. The molecule has 1 aromatic carbocycles. The standard InChI is InChI=1S/C15H16F2N2O4S/c16-6-10(15(22)23)18-13(20)11-7-24-12(14(21)19-11)5-8-3-1-2-4-9(8)17/h1-4,10-12H,5-7H2,(H,18,20)(H,19,21)(H,22,23). The van der Waals surface area contributed by atoms with E-state index in [9.17, 15) is 23.2 Å². The van der Waals surface area contributed by atoms with Gasteiger partial charge in [-0.05, 0) is 18.1 Å². The molecule has 0 bridgehead atoms. The van der Waals surface area contributed by atoms with Crippen molar-refractivity contribution in [2.75, 3.05) is 12.4 Å². The van der Waals surface area contributed by atoms with E-state index < -0.39 is 47.6 Å². The van der Waals surface area contributed by atoms with Gasteiger partial charge in [0.05, 0.1) is 5.25 Å². The van der Waals surface area contributed by atoms with Gasteiger partial charge in [-0.25, -0.2) is 13.6 Å². The molecule has 130 valence electrons. The number of nitrogens with one attached hydrogen (secondary N) is 2. The monoisotopic (exact) mass is 358 g/mol. The van der Waals surface area contributed by atoms with Crippen LogP contribution in [0.2, 0.25) is 0 Å². The number of benzene rings is 1. The number of aliphatic carboxylic acids is 1. The summed E-state index contributed by atoms with van der Waals surface area (Å²) in [6.07, 6.45) is 0.180. The largest absolute Gasteiger partial charge is 0.480 e. The Morgan fingerprint density at radius 2 is 2.12 bits per heavy atom. The number of hydrogen-bond donors (Lipinski definition) is 3. The van der Waals surface area contributed by atoms with Crippen LogP contribution in [0.4, 0.5) is 8.78 Å². The fourth-order valence-electron chi connectivity index (χ4n) is 2.19. The van der Waals surface area contributed by atoms with Gasteiger partial charge in [-0.2, -0.15) is 0 Å². The van der Waals surface area contributed by atoms with Gasteiger partial charge in [0.25, 0.3) is 0 Å². The van der Waals surface area contributed by atoms with Crippen LogP contribution in [-0.2, 0) is 20.8 Å². The minimum atomic E-state index is -1.64. The summed E-state index contributed by atoms with van der Waals surface area (Å²) in [6.45, 7) is -1.25. The SMILES string of the molecule is O=C(O)C(CF)NC(=O)C1CSC(Cc2ccccc2F)C(=O)N1. The number of amides is 2. The van der Waals surface area contributed by atoms with Crippen LogP contribution in [0.1, 0.15) is 5.56 Å². The molecule has 0 aliphatic carbocycles. The van der Waals surface area contributed by atoms with Crippen molar-refractivity contribution >= 4 is 29.5 Å². The van der Waals surface area contributed by atoms with Crippen LogP contribution < -0.4 is 10.6 Å². The molecule has 0 spiro atoms. The Bertz CT molecular complexity index is 644. The molecule has 1 fully saturated rings. The third-order valence-corrected chi connectivity index (χ3v) is 4.83. The second-order valence-electron chi connectivity index (χ2n) is 5.23. The maximum atomic E-state index is 13.6. The van der Waals surface area contributed by atoms with Gasteiger partial charge in [0.2, 0.25) is 11.8 Å². The predicted molar refractivity (Wildman–Crippen MR) is 83.8 cm³/mol. The third-order valence-electron chi connectivity index (χ3n) is 3.52. The summed E-state index contributed by atoms with van der Waals surface area (Å²) in [5.41, 5.74) is 0.399. The van der Waals surface area contributed by atoms with Gasteiger partial charge in [0.15, 0.2) is 6.04 Å². The molecule has 1 heterocycles. The smallest absolute Gasteiger partial charge is 0.328 e. The number of halogens is 2. The highest BCUT2D eigenvalue weighted by Crippen LogP contribution is 2.23. The molecular weight excluding hydrogens is 342 g/mol. The Morgan fingerprint density at radius 1 is 1.42 bits per heavy atom. The third kappa shape index (κ3) is 4.44.